The van der Waals surface area contributed by atoms with Crippen LogP contribution in [0, 0.1) is 0 Å². The molecule has 206 valence electrons. The number of benzene rings is 1. The molecule has 15 heteroatoms. The number of nitrogens with one attached hydrogen (secondary N) is 1. The van der Waals surface area contributed by atoms with Crippen LogP contribution in [0.2, 0.25) is 0 Å². The number of rotatable bonds is 8. The Balaban J connectivity index is 0.00000228. The first-order chi connectivity index (χ1) is 16.3. The quantitative estimate of drug-likeness (QED) is 0.271. The molecule has 0 unspecified atom stereocenters. The minimum absolute atomic E-state index is 0. The van der Waals surface area contributed by atoms with E-state index in [0.717, 1.165) is 5.56 Å². The summed E-state index contributed by atoms with van der Waals surface area (Å²) in [6.07, 6.45) is 0.250. The SMILES string of the molecule is COc1ccc(C[C@H](N)C(=O)N[C@H]2[C@@H](O)[C@H](n3cnc4c(N(C)C)ncnc43)O[C@@H]2CO)cc1.Cl.Cl.O. The van der Waals surface area contributed by atoms with Crippen LogP contribution in [0.3, 0.4) is 0 Å². The van der Waals surface area contributed by atoms with Gasteiger partial charge in [0.1, 0.15) is 24.3 Å². The molecule has 1 amide bonds. The number of nitrogens with two attached hydrogens (primary N) is 1. The van der Waals surface area contributed by atoms with Crippen molar-refractivity contribution in [1.82, 2.24) is 24.8 Å². The Bertz CT molecular complexity index is 1150. The summed E-state index contributed by atoms with van der Waals surface area (Å²) in [6.45, 7) is -0.406. The zero-order chi connectivity index (χ0) is 24.4. The largest absolute Gasteiger partial charge is 0.497 e. The van der Waals surface area contributed by atoms with Crippen LogP contribution in [0.5, 0.6) is 5.75 Å². The molecule has 13 nitrogen and oxygen atoms in total. The lowest BCUT2D eigenvalue weighted by molar-refractivity contribution is -0.124. The van der Waals surface area contributed by atoms with Gasteiger partial charge in [0.2, 0.25) is 5.91 Å². The Kier molecular flexibility index (Phi) is 11.9. The van der Waals surface area contributed by atoms with Gasteiger partial charge in [0.15, 0.2) is 23.2 Å². The summed E-state index contributed by atoms with van der Waals surface area (Å²) in [4.78, 5) is 27.5. The van der Waals surface area contributed by atoms with Crippen molar-refractivity contribution in [2.75, 3.05) is 32.7 Å². The topological polar surface area (TPSA) is 192 Å². The molecule has 1 fully saturated rings. The van der Waals surface area contributed by atoms with Gasteiger partial charge in [0.05, 0.1) is 32.1 Å². The molecule has 5 atom stereocenters. The summed E-state index contributed by atoms with van der Waals surface area (Å²) < 4.78 is 12.6. The molecular formula is C22H33Cl2N7O6. The zero-order valence-corrected chi connectivity index (χ0v) is 22.1. The standard InChI is InChI=1S/C22H29N7O5.2ClH.H2O/c1-28(2)19-17-20(25-10-24-19)29(11-26-17)22-18(31)16(15(9-30)34-22)27-21(32)14(23)8-12-4-6-13(33-3)7-5-12;;;/h4-7,10-11,14-16,18,22,30-31H,8-9,23H2,1-3H3,(H,27,32);2*1H;1H2/t14-,15+,16+,18+,22+;;;/m0.../s1. The number of aromatic nitrogens is 4. The lowest BCUT2D eigenvalue weighted by atomic mass is 10.0. The molecule has 2 aromatic heterocycles. The van der Waals surface area contributed by atoms with E-state index >= 15 is 0 Å². The molecule has 0 bridgehead atoms. The van der Waals surface area contributed by atoms with Crippen molar-refractivity contribution in [2.45, 2.75) is 36.9 Å². The fraction of sp³-hybridized carbons (Fsp3) is 0.455. The Morgan fingerprint density at radius 2 is 1.92 bits per heavy atom. The van der Waals surface area contributed by atoms with E-state index in [1.54, 1.807) is 28.7 Å². The summed E-state index contributed by atoms with van der Waals surface area (Å²) in [5.41, 5.74) is 7.98. The summed E-state index contributed by atoms with van der Waals surface area (Å²) >= 11 is 0. The summed E-state index contributed by atoms with van der Waals surface area (Å²) in [5, 5.41) is 23.6. The first-order valence-corrected chi connectivity index (χ1v) is 10.8. The number of hydrogen-bond donors (Lipinski definition) is 4. The van der Waals surface area contributed by atoms with Crippen molar-refractivity contribution < 1.29 is 30.0 Å². The van der Waals surface area contributed by atoms with E-state index in [-0.39, 0.29) is 30.3 Å². The van der Waals surface area contributed by atoms with Gasteiger partial charge in [-0.2, -0.15) is 0 Å². The van der Waals surface area contributed by atoms with Gasteiger partial charge in [-0.25, -0.2) is 15.0 Å². The Morgan fingerprint density at radius 3 is 2.51 bits per heavy atom. The second kappa shape index (κ2) is 13.7. The van der Waals surface area contributed by atoms with Gasteiger partial charge in [-0.1, -0.05) is 12.1 Å². The fourth-order valence-electron chi connectivity index (χ4n) is 4.04. The molecule has 0 radical (unpaired) electrons. The van der Waals surface area contributed by atoms with Crippen molar-refractivity contribution in [1.29, 1.82) is 0 Å². The highest BCUT2D eigenvalue weighted by molar-refractivity contribution is 5.86. The normalized spacial score (nSPS) is 21.2. The number of halogens is 2. The van der Waals surface area contributed by atoms with Crippen molar-refractivity contribution in [3.8, 4) is 5.75 Å². The van der Waals surface area contributed by atoms with Gasteiger partial charge in [-0.3, -0.25) is 9.36 Å². The first kappa shape index (κ1) is 32.2. The van der Waals surface area contributed by atoms with Gasteiger partial charge < -0.3 is 41.1 Å². The Morgan fingerprint density at radius 1 is 1.24 bits per heavy atom. The van der Waals surface area contributed by atoms with Crippen molar-refractivity contribution >= 4 is 47.7 Å². The maximum Gasteiger partial charge on any atom is 0.237 e. The molecule has 1 saturated heterocycles. The summed E-state index contributed by atoms with van der Waals surface area (Å²) in [7, 11) is 5.25. The van der Waals surface area contributed by atoms with E-state index in [0.29, 0.717) is 29.2 Å². The molecule has 0 saturated carbocycles. The van der Waals surface area contributed by atoms with Gasteiger partial charge in [-0.05, 0) is 24.1 Å². The predicted molar refractivity (Wildman–Crippen MR) is 141 cm³/mol. The minimum atomic E-state index is -1.18. The third-order valence-electron chi connectivity index (χ3n) is 5.85. The highest BCUT2D eigenvalue weighted by Crippen LogP contribution is 2.32. The number of nitrogens with zero attached hydrogens (tertiary/aromatic N) is 5. The zero-order valence-electron chi connectivity index (χ0n) is 20.5. The average molecular weight is 562 g/mol. The predicted octanol–water partition coefficient (Wildman–Crippen LogP) is -0.775. The lowest BCUT2D eigenvalue weighted by Crippen LogP contribution is -2.53. The minimum Gasteiger partial charge on any atom is -0.497 e. The highest BCUT2D eigenvalue weighted by Gasteiger charge is 2.46. The number of amides is 1. The number of fused-ring (bicyclic) bond motifs is 1. The molecule has 0 aliphatic carbocycles. The maximum atomic E-state index is 12.8. The summed E-state index contributed by atoms with van der Waals surface area (Å²) in [6, 6.07) is 5.52. The van der Waals surface area contributed by atoms with Crippen LogP contribution in [-0.2, 0) is 16.0 Å². The van der Waals surface area contributed by atoms with Gasteiger partial charge in [0.25, 0.3) is 0 Å². The third-order valence-corrected chi connectivity index (χ3v) is 5.85. The van der Waals surface area contributed by atoms with E-state index in [1.165, 1.54) is 12.7 Å². The average Bonchev–Trinajstić information content (AvgIpc) is 3.40. The molecule has 1 aliphatic heterocycles. The number of anilines is 1. The number of ether oxygens (including phenoxy) is 2. The molecule has 7 N–H and O–H groups in total. The smallest absolute Gasteiger partial charge is 0.237 e. The molecule has 1 aromatic carbocycles. The maximum absolute atomic E-state index is 12.8. The van der Waals surface area contributed by atoms with Crippen LogP contribution in [0.15, 0.2) is 36.9 Å². The lowest BCUT2D eigenvalue weighted by Gasteiger charge is -2.23. The number of carbonyl (C=O) groups is 1. The van der Waals surface area contributed by atoms with E-state index < -0.39 is 43.0 Å². The van der Waals surface area contributed by atoms with E-state index in [9.17, 15) is 15.0 Å². The fourth-order valence-corrected chi connectivity index (χ4v) is 4.04. The molecule has 0 spiro atoms. The highest BCUT2D eigenvalue weighted by atomic mass is 35.5. The van der Waals surface area contributed by atoms with Gasteiger partial charge >= 0.3 is 0 Å². The molecule has 4 rings (SSSR count). The number of aliphatic hydroxyl groups is 2. The molecule has 1 aliphatic rings. The number of aliphatic hydroxyl groups excluding tert-OH is 2. The summed E-state index contributed by atoms with van der Waals surface area (Å²) in [5.74, 6) is 0.861. The van der Waals surface area contributed by atoms with Crippen LogP contribution < -0.4 is 20.7 Å². The molecule has 3 heterocycles. The van der Waals surface area contributed by atoms with Crippen LogP contribution in [-0.4, -0.2) is 93.2 Å². The van der Waals surface area contributed by atoms with E-state index in [1.807, 2.05) is 26.2 Å². The third kappa shape index (κ3) is 6.57. The molecule has 3 aromatic rings. The number of methoxy groups -OCH3 is 1. The van der Waals surface area contributed by atoms with Gasteiger partial charge in [-0.15, -0.1) is 24.8 Å². The molecular weight excluding hydrogens is 529 g/mol. The van der Waals surface area contributed by atoms with E-state index in [2.05, 4.69) is 20.3 Å². The van der Waals surface area contributed by atoms with Crippen molar-refractivity contribution in [3.05, 3.63) is 42.5 Å². The van der Waals surface area contributed by atoms with Crippen LogP contribution in [0.25, 0.3) is 11.2 Å². The Labute approximate surface area is 226 Å². The first-order valence-electron chi connectivity index (χ1n) is 10.8. The van der Waals surface area contributed by atoms with Crippen molar-refractivity contribution in [2.24, 2.45) is 5.73 Å². The van der Waals surface area contributed by atoms with Crippen LogP contribution in [0.1, 0.15) is 11.8 Å². The van der Waals surface area contributed by atoms with Crippen LogP contribution in [0.4, 0.5) is 5.82 Å². The monoisotopic (exact) mass is 561 g/mol. The van der Waals surface area contributed by atoms with E-state index in [4.69, 9.17) is 15.2 Å². The molecule has 37 heavy (non-hydrogen) atoms. The Hall–Kier alpha value is -2.78. The van der Waals surface area contributed by atoms with Crippen LogP contribution >= 0.6 is 24.8 Å². The number of hydrogen-bond acceptors (Lipinski definition) is 10. The number of carbonyl (C=O) groups excluding carboxylic acids is 1. The van der Waals surface area contributed by atoms with Gasteiger partial charge in [0, 0.05) is 14.1 Å². The number of imidazole rings is 1. The second-order valence-electron chi connectivity index (χ2n) is 8.35. The second-order valence-corrected chi connectivity index (χ2v) is 8.35. The van der Waals surface area contributed by atoms with Crippen molar-refractivity contribution in [3.63, 3.8) is 0 Å².